The number of aliphatic carboxylic acids is 1. The summed E-state index contributed by atoms with van der Waals surface area (Å²) < 4.78 is 26.8. The van der Waals surface area contributed by atoms with Crippen LogP contribution in [0, 0.1) is 0 Å². The summed E-state index contributed by atoms with van der Waals surface area (Å²) in [5, 5.41) is 18.9. The zero-order valence-electron chi connectivity index (χ0n) is 17.7. The number of carboxylic acids is 1. The molecule has 5 N–H and O–H groups in total. The van der Waals surface area contributed by atoms with Crippen molar-refractivity contribution in [2.24, 2.45) is 5.16 Å². The summed E-state index contributed by atoms with van der Waals surface area (Å²) in [7, 11) is -4.04. The molecule has 1 amide bonds. The van der Waals surface area contributed by atoms with Gasteiger partial charge >= 0.3 is 5.97 Å². The Hall–Kier alpha value is -3.45. The Morgan fingerprint density at radius 2 is 2.06 bits per heavy atom. The predicted octanol–water partition coefficient (Wildman–Crippen LogP) is 0.685. The van der Waals surface area contributed by atoms with E-state index in [9.17, 15) is 23.1 Å². The van der Waals surface area contributed by atoms with E-state index < -0.39 is 40.6 Å². The minimum atomic E-state index is -4.04. The molecule has 1 aromatic heterocycles. The molecule has 0 spiro atoms. The molecule has 2 heterocycles. The molecule has 1 aromatic carbocycles. The number of aromatic nitrogens is 2. The number of hydrogen-bond donors (Lipinski definition) is 5. The number of nitrogens with one attached hydrogen (secondary N) is 4. The molecule has 0 bridgehead atoms. The van der Waals surface area contributed by atoms with Gasteiger partial charge < -0.3 is 25.6 Å². The quantitative estimate of drug-likeness (QED) is 0.261. The van der Waals surface area contributed by atoms with Gasteiger partial charge in [0.15, 0.2) is 5.95 Å². The number of oxime groups is 1. The minimum Gasteiger partial charge on any atom is -0.480 e. The van der Waals surface area contributed by atoms with Crippen molar-refractivity contribution in [1.29, 1.82) is 0 Å². The maximum atomic E-state index is 12.3. The third kappa shape index (κ3) is 7.57. The van der Waals surface area contributed by atoms with E-state index in [0.29, 0.717) is 25.3 Å². The van der Waals surface area contributed by atoms with E-state index in [-0.39, 0.29) is 11.3 Å². The van der Waals surface area contributed by atoms with Gasteiger partial charge in [0.1, 0.15) is 12.1 Å². The average molecular weight is 479 g/mol. The number of nitrogens with zero attached hydrogens (tertiary/aromatic N) is 2. The fourth-order valence-electron chi connectivity index (χ4n) is 3.13. The zero-order chi connectivity index (χ0) is 23.7. The van der Waals surface area contributed by atoms with Gasteiger partial charge in [-0.2, -0.15) is 4.72 Å². The van der Waals surface area contributed by atoms with Crippen molar-refractivity contribution in [1.82, 2.24) is 20.0 Å². The van der Waals surface area contributed by atoms with Crippen molar-refractivity contribution in [3.8, 4) is 0 Å². The monoisotopic (exact) mass is 478 g/mol. The van der Waals surface area contributed by atoms with Crippen LogP contribution in [0.25, 0.3) is 0 Å². The number of carbonyl (C=O) groups excluding carboxylic acids is 1. The number of rotatable bonds is 13. The molecule has 0 fully saturated rings. The van der Waals surface area contributed by atoms with Gasteiger partial charge in [0.25, 0.3) is 0 Å². The molecule has 1 aliphatic rings. The highest BCUT2D eigenvalue weighted by Crippen LogP contribution is 2.17. The van der Waals surface area contributed by atoms with E-state index in [1.807, 2.05) is 0 Å². The Labute approximate surface area is 190 Å². The molecule has 1 aliphatic heterocycles. The Morgan fingerprint density at radius 1 is 1.27 bits per heavy atom. The second kappa shape index (κ2) is 11.4. The Bertz CT molecular complexity index is 1060. The molecule has 0 radical (unpaired) electrons. The Kier molecular flexibility index (Phi) is 8.38. The summed E-state index contributed by atoms with van der Waals surface area (Å²) in [6, 6.07) is 5.88. The SMILES string of the molecule is O=C(CC1CC(CCCNc2ncc[nH]2)=NO1)NCC(NS(=O)(=O)c1ccccc1)C(=O)O. The van der Waals surface area contributed by atoms with Gasteiger partial charge in [0.05, 0.1) is 17.0 Å². The van der Waals surface area contributed by atoms with Crippen molar-refractivity contribution in [3.05, 3.63) is 42.7 Å². The molecule has 2 unspecified atom stereocenters. The summed E-state index contributed by atoms with van der Waals surface area (Å²) in [4.78, 5) is 35.9. The first-order valence-corrected chi connectivity index (χ1v) is 11.8. The first-order chi connectivity index (χ1) is 15.8. The van der Waals surface area contributed by atoms with Gasteiger partial charge in [-0.25, -0.2) is 13.4 Å². The lowest BCUT2D eigenvalue weighted by Gasteiger charge is -2.16. The number of aromatic amines is 1. The van der Waals surface area contributed by atoms with Gasteiger partial charge in [-0.3, -0.25) is 9.59 Å². The molecular weight excluding hydrogens is 452 g/mol. The second-order valence-electron chi connectivity index (χ2n) is 7.39. The molecule has 0 saturated carbocycles. The van der Waals surface area contributed by atoms with Crippen molar-refractivity contribution in [2.45, 2.75) is 42.7 Å². The summed E-state index contributed by atoms with van der Waals surface area (Å²) >= 11 is 0. The number of benzene rings is 1. The molecule has 33 heavy (non-hydrogen) atoms. The topological polar surface area (TPSA) is 175 Å². The maximum absolute atomic E-state index is 12.3. The van der Waals surface area contributed by atoms with E-state index in [0.717, 1.165) is 12.1 Å². The van der Waals surface area contributed by atoms with Gasteiger partial charge in [-0.05, 0) is 25.0 Å². The zero-order valence-corrected chi connectivity index (χ0v) is 18.5. The molecule has 0 saturated heterocycles. The third-order valence-electron chi connectivity index (χ3n) is 4.79. The highest BCUT2D eigenvalue weighted by Gasteiger charge is 2.27. The van der Waals surface area contributed by atoms with Crippen LogP contribution in [0.3, 0.4) is 0 Å². The van der Waals surface area contributed by atoms with Crippen molar-refractivity contribution in [2.75, 3.05) is 18.4 Å². The largest absolute Gasteiger partial charge is 0.480 e. The van der Waals surface area contributed by atoms with Crippen LogP contribution in [0.2, 0.25) is 0 Å². The number of imidazole rings is 1. The predicted molar refractivity (Wildman–Crippen MR) is 119 cm³/mol. The smallest absolute Gasteiger partial charge is 0.323 e. The number of H-pyrrole nitrogens is 1. The summed E-state index contributed by atoms with van der Waals surface area (Å²) in [5.41, 5.74) is 0.841. The van der Waals surface area contributed by atoms with Crippen LogP contribution < -0.4 is 15.4 Å². The number of hydrogen-bond acceptors (Lipinski definition) is 8. The molecule has 3 rings (SSSR count). The summed E-state index contributed by atoms with van der Waals surface area (Å²) in [6.45, 7) is 0.298. The van der Waals surface area contributed by atoms with Crippen molar-refractivity contribution < 1.29 is 28.0 Å². The van der Waals surface area contributed by atoms with E-state index >= 15 is 0 Å². The lowest BCUT2D eigenvalue weighted by atomic mass is 10.1. The number of anilines is 1. The van der Waals surface area contributed by atoms with Crippen LogP contribution in [0.4, 0.5) is 5.95 Å². The van der Waals surface area contributed by atoms with Crippen LogP contribution in [-0.2, 0) is 24.4 Å². The average Bonchev–Trinajstić information content (AvgIpc) is 3.47. The summed E-state index contributed by atoms with van der Waals surface area (Å²) in [5.74, 6) is -1.17. The minimum absolute atomic E-state index is 0.0184. The van der Waals surface area contributed by atoms with Crippen molar-refractivity contribution in [3.63, 3.8) is 0 Å². The lowest BCUT2D eigenvalue weighted by Crippen LogP contribution is -2.48. The van der Waals surface area contributed by atoms with Crippen LogP contribution in [0.15, 0.2) is 52.8 Å². The fourth-order valence-corrected chi connectivity index (χ4v) is 4.34. The number of sulfonamides is 1. The molecule has 0 aliphatic carbocycles. The van der Waals surface area contributed by atoms with Gasteiger partial charge in [0.2, 0.25) is 15.9 Å². The first-order valence-electron chi connectivity index (χ1n) is 10.3. The van der Waals surface area contributed by atoms with E-state index in [1.54, 1.807) is 18.5 Å². The molecule has 2 atom stereocenters. The maximum Gasteiger partial charge on any atom is 0.323 e. The van der Waals surface area contributed by atoms with E-state index in [1.165, 1.54) is 24.3 Å². The van der Waals surface area contributed by atoms with Crippen LogP contribution in [0.1, 0.15) is 25.7 Å². The highest BCUT2D eigenvalue weighted by molar-refractivity contribution is 7.89. The van der Waals surface area contributed by atoms with Crippen LogP contribution in [-0.4, -0.2) is 66.3 Å². The molecule has 13 heteroatoms. The van der Waals surface area contributed by atoms with Crippen LogP contribution in [0.5, 0.6) is 0 Å². The van der Waals surface area contributed by atoms with Crippen LogP contribution >= 0.6 is 0 Å². The number of carboxylic acid groups (broad SMARTS) is 1. The molecule has 178 valence electrons. The second-order valence-corrected chi connectivity index (χ2v) is 9.10. The number of carbonyl (C=O) groups is 2. The van der Waals surface area contributed by atoms with Crippen molar-refractivity contribution >= 4 is 33.6 Å². The molecule has 12 nitrogen and oxygen atoms in total. The van der Waals surface area contributed by atoms with E-state index in [4.69, 9.17) is 4.84 Å². The Balaban J connectivity index is 1.37. The van der Waals surface area contributed by atoms with Gasteiger partial charge in [-0.15, -0.1) is 0 Å². The number of amides is 1. The third-order valence-corrected chi connectivity index (χ3v) is 6.28. The first kappa shape index (κ1) is 24.2. The lowest BCUT2D eigenvalue weighted by molar-refractivity contribution is -0.138. The fraction of sp³-hybridized carbons (Fsp3) is 0.400. The normalized spacial score (nSPS) is 16.5. The van der Waals surface area contributed by atoms with Gasteiger partial charge in [-0.1, -0.05) is 23.4 Å². The molecule has 2 aromatic rings. The highest BCUT2D eigenvalue weighted by atomic mass is 32.2. The summed E-state index contributed by atoms with van der Waals surface area (Å²) in [6.07, 6.45) is 4.93. The van der Waals surface area contributed by atoms with Gasteiger partial charge in [0, 0.05) is 31.9 Å². The van der Waals surface area contributed by atoms with E-state index in [2.05, 4.69) is 30.5 Å². The Morgan fingerprint density at radius 3 is 2.76 bits per heavy atom. The molecular formula is C20H26N6O6S. The standard InChI is InChI=1S/C20H26N6O6S/c27-18(12-15-11-14(25-32-15)5-4-8-21-20-22-9-10-23-20)24-13-17(19(28)29)26-33(30,31)16-6-2-1-3-7-16/h1-3,6-7,9-10,15,17,26H,4-5,8,11-13H2,(H,24,27)(H,28,29)(H2,21,22,23).